The maximum absolute atomic E-state index is 12.0. The zero-order valence-corrected chi connectivity index (χ0v) is 12.1. The highest BCUT2D eigenvalue weighted by Gasteiger charge is 2.57. The van der Waals surface area contributed by atoms with Crippen LogP contribution in [0.5, 0.6) is 5.75 Å². The third-order valence-corrected chi connectivity index (χ3v) is 4.90. The van der Waals surface area contributed by atoms with Gasteiger partial charge in [-0.2, -0.15) is 0 Å². The second-order valence-electron chi connectivity index (χ2n) is 6.32. The van der Waals surface area contributed by atoms with E-state index >= 15 is 0 Å². The monoisotopic (exact) mass is 258 g/mol. The topological polar surface area (TPSA) is 26.3 Å². The summed E-state index contributed by atoms with van der Waals surface area (Å²) in [4.78, 5) is 12.0. The van der Waals surface area contributed by atoms with E-state index in [0.29, 0.717) is 12.2 Å². The molecule has 1 aromatic carbocycles. The quantitative estimate of drug-likeness (QED) is 0.804. The lowest BCUT2D eigenvalue weighted by Crippen LogP contribution is -2.55. The van der Waals surface area contributed by atoms with Crippen molar-refractivity contribution in [2.24, 2.45) is 5.41 Å². The zero-order valence-electron chi connectivity index (χ0n) is 12.1. The molecule has 2 fully saturated rings. The number of hydrogen-bond acceptors (Lipinski definition) is 2. The minimum atomic E-state index is -0.135. The molecule has 1 spiro atoms. The molecule has 2 saturated carbocycles. The molecule has 1 atom stereocenters. The van der Waals surface area contributed by atoms with Gasteiger partial charge in [-0.1, -0.05) is 30.5 Å². The number of benzene rings is 1. The standard InChI is InChI=1S/C17H22O2/c1-11-8-12(2)16(13(3)9-11)19-15-10-14(18)17(15)6-4-5-7-17/h8-9,15H,4-7,10H2,1-3H3. The van der Waals surface area contributed by atoms with E-state index in [-0.39, 0.29) is 11.5 Å². The molecule has 102 valence electrons. The zero-order chi connectivity index (χ0) is 13.6. The van der Waals surface area contributed by atoms with E-state index in [0.717, 1.165) is 18.6 Å². The highest BCUT2D eigenvalue weighted by molar-refractivity contribution is 5.92. The largest absolute Gasteiger partial charge is 0.488 e. The predicted molar refractivity (Wildman–Crippen MR) is 75.6 cm³/mol. The van der Waals surface area contributed by atoms with E-state index < -0.39 is 0 Å². The van der Waals surface area contributed by atoms with Gasteiger partial charge >= 0.3 is 0 Å². The summed E-state index contributed by atoms with van der Waals surface area (Å²) >= 11 is 0. The first-order valence-corrected chi connectivity index (χ1v) is 7.31. The molecule has 19 heavy (non-hydrogen) atoms. The van der Waals surface area contributed by atoms with E-state index in [2.05, 4.69) is 32.9 Å². The lowest BCUT2D eigenvalue weighted by atomic mass is 9.63. The second-order valence-corrected chi connectivity index (χ2v) is 6.32. The highest BCUT2D eigenvalue weighted by Crippen LogP contribution is 2.52. The first kappa shape index (κ1) is 12.7. The minimum Gasteiger partial charge on any atom is -0.488 e. The Morgan fingerprint density at radius 3 is 2.21 bits per heavy atom. The maximum Gasteiger partial charge on any atom is 0.146 e. The van der Waals surface area contributed by atoms with Crippen LogP contribution in [-0.2, 0) is 4.79 Å². The molecule has 2 aliphatic rings. The summed E-state index contributed by atoms with van der Waals surface area (Å²) in [6.07, 6.45) is 5.13. The van der Waals surface area contributed by atoms with E-state index in [1.54, 1.807) is 0 Å². The van der Waals surface area contributed by atoms with Gasteiger partial charge in [0.05, 0.1) is 5.41 Å². The smallest absolute Gasteiger partial charge is 0.146 e. The van der Waals surface area contributed by atoms with Gasteiger partial charge in [-0.15, -0.1) is 0 Å². The Bertz CT molecular complexity index is 501. The Hall–Kier alpha value is -1.31. The van der Waals surface area contributed by atoms with Crippen molar-refractivity contribution < 1.29 is 9.53 Å². The first-order valence-electron chi connectivity index (χ1n) is 7.31. The number of hydrogen-bond donors (Lipinski definition) is 0. The number of Topliss-reactive ketones (excluding diaryl/α,β-unsaturated/α-hetero) is 1. The van der Waals surface area contributed by atoms with Crippen LogP contribution in [0.2, 0.25) is 0 Å². The van der Waals surface area contributed by atoms with Crippen molar-refractivity contribution in [3.05, 3.63) is 28.8 Å². The third-order valence-electron chi connectivity index (χ3n) is 4.90. The fourth-order valence-corrected chi connectivity index (χ4v) is 3.87. The summed E-state index contributed by atoms with van der Waals surface area (Å²) < 4.78 is 6.25. The molecule has 2 heteroatoms. The SMILES string of the molecule is Cc1cc(C)c(OC2CC(=O)C23CCCC3)c(C)c1. The van der Waals surface area contributed by atoms with E-state index in [4.69, 9.17) is 4.74 Å². The number of rotatable bonds is 2. The van der Waals surface area contributed by atoms with E-state index in [9.17, 15) is 4.79 Å². The molecular formula is C17H22O2. The van der Waals surface area contributed by atoms with Gasteiger partial charge in [0, 0.05) is 6.42 Å². The van der Waals surface area contributed by atoms with Crippen LogP contribution in [-0.4, -0.2) is 11.9 Å². The molecule has 0 aliphatic heterocycles. The molecule has 2 aliphatic carbocycles. The van der Waals surface area contributed by atoms with Gasteiger partial charge in [0.1, 0.15) is 17.6 Å². The van der Waals surface area contributed by atoms with Gasteiger partial charge in [-0.3, -0.25) is 4.79 Å². The number of carbonyl (C=O) groups is 1. The van der Waals surface area contributed by atoms with Crippen LogP contribution in [0.1, 0.15) is 48.8 Å². The minimum absolute atomic E-state index is 0.114. The summed E-state index contributed by atoms with van der Waals surface area (Å²) in [5.74, 6) is 1.42. The molecule has 3 rings (SSSR count). The van der Waals surface area contributed by atoms with Crippen LogP contribution >= 0.6 is 0 Å². The average molecular weight is 258 g/mol. The Labute approximate surface area is 115 Å². The van der Waals surface area contributed by atoms with Crippen molar-refractivity contribution in [3.8, 4) is 5.75 Å². The third kappa shape index (κ3) is 1.89. The van der Waals surface area contributed by atoms with Crippen LogP contribution in [0.15, 0.2) is 12.1 Å². The number of ether oxygens (including phenoxy) is 1. The van der Waals surface area contributed by atoms with Crippen molar-refractivity contribution in [2.75, 3.05) is 0 Å². The van der Waals surface area contributed by atoms with Gasteiger partial charge in [-0.25, -0.2) is 0 Å². The molecule has 2 nitrogen and oxygen atoms in total. The van der Waals surface area contributed by atoms with Crippen LogP contribution < -0.4 is 4.74 Å². The highest BCUT2D eigenvalue weighted by atomic mass is 16.5. The van der Waals surface area contributed by atoms with Crippen molar-refractivity contribution in [1.29, 1.82) is 0 Å². The van der Waals surface area contributed by atoms with Gasteiger partial charge in [0.2, 0.25) is 0 Å². The molecule has 0 radical (unpaired) electrons. The van der Waals surface area contributed by atoms with Gasteiger partial charge in [0.15, 0.2) is 0 Å². The molecule has 0 bridgehead atoms. The lowest BCUT2D eigenvalue weighted by molar-refractivity contribution is -0.151. The Kier molecular flexibility index (Phi) is 2.92. The Balaban J connectivity index is 1.85. The van der Waals surface area contributed by atoms with Gasteiger partial charge in [-0.05, 0) is 44.7 Å². The van der Waals surface area contributed by atoms with E-state index in [1.807, 2.05) is 0 Å². The molecule has 0 aromatic heterocycles. The summed E-state index contributed by atoms with van der Waals surface area (Å²) in [5, 5.41) is 0. The maximum atomic E-state index is 12.0. The summed E-state index contributed by atoms with van der Waals surface area (Å²) in [5.41, 5.74) is 3.50. The van der Waals surface area contributed by atoms with Crippen LogP contribution in [0, 0.1) is 26.2 Å². The lowest BCUT2D eigenvalue weighted by Gasteiger charge is -2.45. The molecule has 0 N–H and O–H groups in total. The summed E-state index contributed by atoms with van der Waals surface area (Å²) in [7, 11) is 0. The Morgan fingerprint density at radius 1 is 1.11 bits per heavy atom. The van der Waals surface area contributed by atoms with Gasteiger partial charge in [0.25, 0.3) is 0 Å². The van der Waals surface area contributed by atoms with Crippen molar-refractivity contribution in [3.63, 3.8) is 0 Å². The van der Waals surface area contributed by atoms with Crippen molar-refractivity contribution in [2.45, 2.75) is 59.0 Å². The average Bonchev–Trinajstić information content (AvgIpc) is 2.84. The molecule has 0 heterocycles. The number of carbonyl (C=O) groups excluding carboxylic acids is 1. The molecule has 0 saturated heterocycles. The summed E-state index contributed by atoms with van der Waals surface area (Å²) in [6, 6.07) is 4.31. The Morgan fingerprint density at radius 2 is 1.68 bits per heavy atom. The second kappa shape index (κ2) is 4.36. The normalized spacial score (nSPS) is 24.6. The van der Waals surface area contributed by atoms with Crippen LogP contribution in [0.3, 0.4) is 0 Å². The van der Waals surface area contributed by atoms with Crippen LogP contribution in [0.4, 0.5) is 0 Å². The summed E-state index contributed by atoms with van der Waals surface area (Å²) in [6.45, 7) is 6.30. The molecular weight excluding hydrogens is 236 g/mol. The van der Waals surface area contributed by atoms with Gasteiger partial charge < -0.3 is 4.74 Å². The molecule has 1 unspecified atom stereocenters. The van der Waals surface area contributed by atoms with Crippen molar-refractivity contribution in [1.82, 2.24) is 0 Å². The fourth-order valence-electron chi connectivity index (χ4n) is 3.87. The van der Waals surface area contributed by atoms with E-state index in [1.165, 1.54) is 29.5 Å². The fraction of sp³-hybridized carbons (Fsp3) is 0.588. The van der Waals surface area contributed by atoms with Crippen molar-refractivity contribution >= 4 is 5.78 Å². The first-order chi connectivity index (χ1) is 9.03. The molecule has 0 amide bonds. The predicted octanol–water partition coefficient (Wildman–Crippen LogP) is 3.89. The van der Waals surface area contributed by atoms with Crippen LogP contribution in [0.25, 0.3) is 0 Å². The molecule has 1 aromatic rings. The number of ketones is 1. The number of aryl methyl sites for hydroxylation is 3.